The summed E-state index contributed by atoms with van der Waals surface area (Å²) < 4.78 is 9.45. The van der Waals surface area contributed by atoms with Gasteiger partial charge in [0.1, 0.15) is 12.0 Å². The molecule has 0 radical (unpaired) electrons. The van der Waals surface area contributed by atoms with Crippen molar-refractivity contribution < 1.29 is 8.83 Å². The Kier molecular flexibility index (Phi) is 3.71. The molecule has 0 spiro atoms. The molecule has 0 aliphatic carbocycles. The average molecular weight is 165 g/mol. The van der Waals surface area contributed by atoms with Gasteiger partial charge in [0.15, 0.2) is 6.39 Å². The van der Waals surface area contributed by atoms with E-state index >= 15 is 0 Å². The maximum atomic E-state index is 4.98. The first-order valence-electron chi connectivity index (χ1n) is 3.78. The van der Waals surface area contributed by atoms with Gasteiger partial charge in [-0.1, -0.05) is 6.92 Å². The van der Waals surface area contributed by atoms with E-state index in [4.69, 9.17) is 4.42 Å². The zero-order valence-corrected chi connectivity index (χ0v) is 6.93. The van der Waals surface area contributed by atoms with Crippen LogP contribution in [0.15, 0.2) is 46.1 Å². The van der Waals surface area contributed by atoms with Crippen molar-refractivity contribution >= 4 is 0 Å². The molecule has 12 heavy (non-hydrogen) atoms. The quantitative estimate of drug-likeness (QED) is 0.651. The van der Waals surface area contributed by atoms with Crippen molar-refractivity contribution in [1.29, 1.82) is 0 Å². The molecule has 3 nitrogen and oxygen atoms in total. The fourth-order valence-corrected chi connectivity index (χ4v) is 0.689. The average Bonchev–Trinajstić information content (AvgIpc) is 2.81. The molecular formula is C9H11NO2. The topological polar surface area (TPSA) is 39.2 Å². The lowest BCUT2D eigenvalue weighted by atomic mass is 10.4. The molecule has 2 rings (SSSR count). The molecule has 0 aliphatic heterocycles. The second kappa shape index (κ2) is 5.18. The van der Waals surface area contributed by atoms with Gasteiger partial charge in [0, 0.05) is 6.42 Å². The Hall–Kier alpha value is -1.51. The number of aryl methyl sites for hydroxylation is 1. The Labute approximate surface area is 71.0 Å². The number of nitrogens with zero attached hydrogens (tertiary/aromatic N) is 1. The maximum Gasteiger partial charge on any atom is 0.180 e. The molecule has 0 aromatic carbocycles. The first-order chi connectivity index (χ1) is 5.93. The third-order valence-corrected chi connectivity index (χ3v) is 1.28. The Morgan fingerprint density at radius 2 is 2.33 bits per heavy atom. The minimum atomic E-state index is 0.993. The number of hydrogen-bond donors (Lipinski definition) is 0. The predicted octanol–water partition coefficient (Wildman–Crippen LogP) is 2.52. The van der Waals surface area contributed by atoms with Gasteiger partial charge in [-0.05, 0) is 12.1 Å². The molecule has 0 unspecified atom stereocenters. The minimum Gasteiger partial charge on any atom is -0.469 e. The normalized spacial score (nSPS) is 8.75. The van der Waals surface area contributed by atoms with E-state index < -0.39 is 0 Å². The highest BCUT2D eigenvalue weighted by Crippen LogP contribution is 1.98. The monoisotopic (exact) mass is 165 g/mol. The first kappa shape index (κ1) is 8.59. The van der Waals surface area contributed by atoms with Crippen molar-refractivity contribution in [3.8, 4) is 0 Å². The van der Waals surface area contributed by atoms with Gasteiger partial charge in [-0.25, -0.2) is 4.98 Å². The van der Waals surface area contributed by atoms with Gasteiger partial charge in [-0.2, -0.15) is 0 Å². The van der Waals surface area contributed by atoms with Crippen LogP contribution in [0.3, 0.4) is 0 Å². The summed E-state index contributed by atoms with van der Waals surface area (Å²) >= 11 is 0. The zero-order chi connectivity index (χ0) is 8.65. The van der Waals surface area contributed by atoms with E-state index in [0.29, 0.717) is 0 Å². The summed E-state index contributed by atoms with van der Waals surface area (Å²) in [5, 5.41) is 0. The highest BCUT2D eigenvalue weighted by molar-refractivity contribution is 4.96. The molecule has 0 saturated heterocycles. The molecule has 64 valence electrons. The van der Waals surface area contributed by atoms with E-state index in [-0.39, 0.29) is 0 Å². The van der Waals surface area contributed by atoms with Crippen LogP contribution in [0.25, 0.3) is 0 Å². The maximum absolute atomic E-state index is 4.98. The molecule has 0 N–H and O–H groups in total. The summed E-state index contributed by atoms with van der Waals surface area (Å²) in [4.78, 5) is 3.56. The molecule has 0 saturated carbocycles. The summed E-state index contributed by atoms with van der Waals surface area (Å²) in [6.07, 6.45) is 7.16. The SMILES string of the molecule is CCc1ccco1.c1cocn1. The van der Waals surface area contributed by atoms with Crippen LogP contribution in [0, 0.1) is 0 Å². The van der Waals surface area contributed by atoms with Crippen LogP contribution >= 0.6 is 0 Å². The molecule has 2 heterocycles. The van der Waals surface area contributed by atoms with Crippen molar-refractivity contribution in [3.05, 3.63) is 43.0 Å². The Bertz CT molecular complexity index is 243. The van der Waals surface area contributed by atoms with Gasteiger partial charge in [-0.3, -0.25) is 0 Å². The van der Waals surface area contributed by atoms with Crippen LogP contribution in [0.2, 0.25) is 0 Å². The summed E-state index contributed by atoms with van der Waals surface area (Å²) in [5.41, 5.74) is 0. The summed E-state index contributed by atoms with van der Waals surface area (Å²) in [5.74, 6) is 1.06. The number of hydrogen-bond acceptors (Lipinski definition) is 3. The summed E-state index contributed by atoms with van der Waals surface area (Å²) in [6, 6.07) is 3.87. The lowest BCUT2D eigenvalue weighted by Gasteiger charge is -1.79. The highest BCUT2D eigenvalue weighted by atomic mass is 16.3. The van der Waals surface area contributed by atoms with Gasteiger partial charge in [0.05, 0.1) is 12.5 Å². The predicted molar refractivity (Wildman–Crippen MR) is 44.6 cm³/mol. The molecule has 2 aromatic heterocycles. The van der Waals surface area contributed by atoms with Crippen LogP contribution in [0.5, 0.6) is 0 Å². The third-order valence-electron chi connectivity index (χ3n) is 1.28. The largest absolute Gasteiger partial charge is 0.469 e. The molecule has 0 atom stereocenters. The van der Waals surface area contributed by atoms with Gasteiger partial charge in [0.25, 0.3) is 0 Å². The molecule has 0 aliphatic rings. The summed E-state index contributed by atoms with van der Waals surface area (Å²) in [6.45, 7) is 2.07. The van der Waals surface area contributed by atoms with Gasteiger partial charge >= 0.3 is 0 Å². The van der Waals surface area contributed by atoms with E-state index in [2.05, 4.69) is 16.3 Å². The lowest BCUT2D eigenvalue weighted by Crippen LogP contribution is -1.66. The zero-order valence-electron chi connectivity index (χ0n) is 6.93. The second-order valence-electron chi connectivity index (χ2n) is 2.11. The molecule has 2 aromatic rings. The Morgan fingerprint density at radius 1 is 1.42 bits per heavy atom. The number of aromatic nitrogens is 1. The van der Waals surface area contributed by atoms with Gasteiger partial charge in [-0.15, -0.1) is 0 Å². The number of furan rings is 1. The first-order valence-corrected chi connectivity index (χ1v) is 3.78. The van der Waals surface area contributed by atoms with Crippen molar-refractivity contribution in [2.45, 2.75) is 13.3 Å². The minimum absolute atomic E-state index is 0.993. The molecule has 0 fully saturated rings. The van der Waals surface area contributed by atoms with Crippen LogP contribution in [-0.2, 0) is 6.42 Å². The standard InChI is InChI=1S/C6H8O.C3H3NO/c1-2-6-4-3-5-7-6;1-2-5-3-4-1/h3-5H,2H2,1H3;1-3H. The van der Waals surface area contributed by atoms with E-state index in [1.165, 1.54) is 12.7 Å². The van der Waals surface area contributed by atoms with Crippen LogP contribution < -0.4 is 0 Å². The fraction of sp³-hybridized carbons (Fsp3) is 0.222. The van der Waals surface area contributed by atoms with E-state index in [9.17, 15) is 0 Å². The van der Waals surface area contributed by atoms with Crippen LogP contribution in [0.4, 0.5) is 0 Å². The molecular weight excluding hydrogens is 154 g/mol. The van der Waals surface area contributed by atoms with Crippen LogP contribution in [0.1, 0.15) is 12.7 Å². The van der Waals surface area contributed by atoms with E-state index in [1.807, 2.05) is 12.1 Å². The highest BCUT2D eigenvalue weighted by Gasteiger charge is 1.84. The van der Waals surface area contributed by atoms with E-state index in [0.717, 1.165) is 12.2 Å². The van der Waals surface area contributed by atoms with Crippen molar-refractivity contribution in [2.24, 2.45) is 0 Å². The Balaban J connectivity index is 0.000000127. The fourth-order valence-electron chi connectivity index (χ4n) is 0.689. The van der Waals surface area contributed by atoms with Crippen molar-refractivity contribution in [3.63, 3.8) is 0 Å². The number of rotatable bonds is 1. The smallest absolute Gasteiger partial charge is 0.180 e. The molecule has 3 heteroatoms. The Morgan fingerprint density at radius 3 is 2.58 bits per heavy atom. The second-order valence-corrected chi connectivity index (χ2v) is 2.11. The summed E-state index contributed by atoms with van der Waals surface area (Å²) in [7, 11) is 0. The van der Waals surface area contributed by atoms with Gasteiger partial charge < -0.3 is 8.83 Å². The van der Waals surface area contributed by atoms with Crippen molar-refractivity contribution in [2.75, 3.05) is 0 Å². The van der Waals surface area contributed by atoms with E-state index in [1.54, 1.807) is 12.5 Å². The third kappa shape index (κ3) is 3.05. The van der Waals surface area contributed by atoms with Crippen LogP contribution in [-0.4, -0.2) is 4.98 Å². The van der Waals surface area contributed by atoms with Gasteiger partial charge in [0.2, 0.25) is 0 Å². The molecule has 0 bridgehead atoms. The van der Waals surface area contributed by atoms with Crippen molar-refractivity contribution in [1.82, 2.24) is 4.98 Å². The molecule has 0 amide bonds. The lowest BCUT2D eigenvalue weighted by molar-refractivity contribution is 0.516. The number of oxazole rings is 1.